The SMILES string of the molecule is O=C(Cc1ccc2nc(-c3ccccc3)[nH]c2c1)c1cc2ccccc2[nH]1. The van der Waals surface area contributed by atoms with Crippen LogP contribution in [0.1, 0.15) is 16.1 Å². The number of para-hydroxylation sites is 1. The molecule has 0 aliphatic rings. The molecule has 5 rings (SSSR count). The van der Waals surface area contributed by atoms with Crippen LogP contribution in [-0.2, 0) is 6.42 Å². The van der Waals surface area contributed by atoms with Gasteiger partial charge in [0.15, 0.2) is 5.78 Å². The third-order valence-electron chi connectivity index (χ3n) is 4.79. The lowest BCUT2D eigenvalue weighted by Gasteiger charge is -2.00. The van der Waals surface area contributed by atoms with E-state index in [0.717, 1.165) is 38.9 Å². The molecule has 0 aliphatic carbocycles. The number of fused-ring (bicyclic) bond motifs is 2. The Morgan fingerprint density at radius 1 is 0.815 bits per heavy atom. The van der Waals surface area contributed by atoms with Gasteiger partial charge in [-0.15, -0.1) is 0 Å². The highest BCUT2D eigenvalue weighted by Gasteiger charge is 2.12. The molecule has 130 valence electrons. The van der Waals surface area contributed by atoms with Crippen molar-refractivity contribution in [3.05, 3.63) is 90.1 Å². The summed E-state index contributed by atoms with van der Waals surface area (Å²) in [7, 11) is 0. The number of benzene rings is 3. The van der Waals surface area contributed by atoms with E-state index in [1.54, 1.807) is 0 Å². The Hall–Kier alpha value is -3.66. The zero-order valence-corrected chi connectivity index (χ0v) is 14.6. The van der Waals surface area contributed by atoms with Crippen LogP contribution in [0, 0.1) is 0 Å². The molecule has 0 saturated heterocycles. The molecule has 0 saturated carbocycles. The minimum atomic E-state index is 0.0772. The number of aromatic nitrogens is 3. The number of carbonyl (C=O) groups excluding carboxylic acids is 1. The number of rotatable bonds is 4. The third-order valence-corrected chi connectivity index (χ3v) is 4.79. The lowest BCUT2D eigenvalue weighted by Crippen LogP contribution is -2.03. The smallest absolute Gasteiger partial charge is 0.183 e. The molecule has 2 N–H and O–H groups in total. The van der Waals surface area contributed by atoms with Gasteiger partial charge < -0.3 is 9.97 Å². The van der Waals surface area contributed by atoms with E-state index >= 15 is 0 Å². The van der Waals surface area contributed by atoms with Gasteiger partial charge >= 0.3 is 0 Å². The molecule has 2 heterocycles. The predicted molar refractivity (Wildman–Crippen MR) is 108 cm³/mol. The zero-order valence-electron chi connectivity index (χ0n) is 14.6. The maximum absolute atomic E-state index is 12.7. The number of carbonyl (C=O) groups is 1. The quantitative estimate of drug-likeness (QED) is 0.441. The second-order valence-corrected chi connectivity index (χ2v) is 6.67. The van der Waals surface area contributed by atoms with Crippen LogP contribution in [0.25, 0.3) is 33.3 Å². The lowest BCUT2D eigenvalue weighted by atomic mass is 10.1. The number of imidazole rings is 1. The molecule has 2 aromatic heterocycles. The summed E-state index contributed by atoms with van der Waals surface area (Å²) in [6.07, 6.45) is 0.350. The predicted octanol–water partition coefficient (Wildman–Crippen LogP) is 5.14. The normalized spacial score (nSPS) is 11.3. The van der Waals surface area contributed by atoms with Crippen LogP contribution in [0.4, 0.5) is 0 Å². The molecule has 0 fully saturated rings. The van der Waals surface area contributed by atoms with Gasteiger partial charge in [0.2, 0.25) is 0 Å². The van der Waals surface area contributed by atoms with Crippen LogP contribution in [0.5, 0.6) is 0 Å². The van der Waals surface area contributed by atoms with Crippen molar-refractivity contribution in [1.82, 2.24) is 15.0 Å². The van der Waals surface area contributed by atoms with Crippen LogP contribution >= 0.6 is 0 Å². The lowest BCUT2D eigenvalue weighted by molar-refractivity contribution is 0.0989. The number of hydrogen-bond acceptors (Lipinski definition) is 2. The minimum Gasteiger partial charge on any atom is -0.352 e. The van der Waals surface area contributed by atoms with E-state index in [0.29, 0.717) is 12.1 Å². The number of H-pyrrole nitrogens is 2. The van der Waals surface area contributed by atoms with Crippen LogP contribution < -0.4 is 0 Å². The van der Waals surface area contributed by atoms with E-state index in [1.807, 2.05) is 78.9 Å². The highest BCUT2D eigenvalue weighted by molar-refractivity contribution is 6.00. The fraction of sp³-hybridized carbons (Fsp3) is 0.0435. The van der Waals surface area contributed by atoms with Crippen molar-refractivity contribution in [3.8, 4) is 11.4 Å². The van der Waals surface area contributed by atoms with Crippen molar-refractivity contribution in [2.75, 3.05) is 0 Å². The number of ketones is 1. The summed E-state index contributed by atoms with van der Waals surface area (Å²) >= 11 is 0. The minimum absolute atomic E-state index is 0.0772. The molecule has 4 heteroatoms. The van der Waals surface area contributed by atoms with Crippen LogP contribution in [-0.4, -0.2) is 20.7 Å². The first-order chi connectivity index (χ1) is 13.3. The van der Waals surface area contributed by atoms with Gasteiger partial charge in [-0.1, -0.05) is 54.6 Å². The highest BCUT2D eigenvalue weighted by atomic mass is 16.1. The molecular formula is C23H17N3O. The highest BCUT2D eigenvalue weighted by Crippen LogP contribution is 2.22. The van der Waals surface area contributed by atoms with Crippen molar-refractivity contribution in [3.63, 3.8) is 0 Å². The first-order valence-corrected chi connectivity index (χ1v) is 8.91. The van der Waals surface area contributed by atoms with Gasteiger partial charge in [0.05, 0.1) is 16.7 Å². The van der Waals surface area contributed by atoms with Gasteiger partial charge in [0, 0.05) is 22.9 Å². The van der Waals surface area contributed by atoms with E-state index in [9.17, 15) is 4.79 Å². The topological polar surface area (TPSA) is 61.5 Å². The van der Waals surface area contributed by atoms with Gasteiger partial charge in [0.25, 0.3) is 0 Å². The first-order valence-electron chi connectivity index (χ1n) is 8.91. The zero-order chi connectivity index (χ0) is 18.2. The molecule has 27 heavy (non-hydrogen) atoms. The van der Waals surface area contributed by atoms with Crippen LogP contribution in [0.3, 0.4) is 0 Å². The number of nitrogens with zero attached hydrogens (tertiary/aromatic N) is 1. The maximum atomic E-state index is 12.7. The second-order valence-electron chi connectivity index (χ2n) is 6.67. The van der Waals surface area contributed by atoms with E-state index in [1.165, 1.54) is 0 Å². The van der Waals surface area contributed by atoms with Crippen molar-refractivity contribution in [2.24, 2.45) is 0 Å². The Labute approximate surface area is 155 Å². The van der Waals surface area contributed by atoms with Gasteiger partial charge in [-0.25, -0.2) is 4.98 Å². The van der Waals surface area contributed by atoms with Crippen LogP contribution in [0.15, 0.2) is 78.9 Å². The Bertz CT molecular complexity index is 1230. The molecule has 0 amide bonds. The molecule has 5 aromatic rings. The molecule has 0 bridgehead atoms. The summed E-state index contributed by atoms with van der Waals surface area (Å²) in [5, 5.41) is 1.05. The van der Waals surface area contributed by atoms with E-state index in [-0.39, 0.29) is 5.78 Å². The Kier molecular flexibility index (Phi) is 3.61. The van der Waals surface area contributed by atoms with Gasteiger partial charge in [0.1, 0.15) is 5.82 Å². The largest absolute Gasteiger partial charge is 0.352 e. The summed E-state index contributed by atoms with van der Waals surface area (Å²) in [5.41, 5.74) is 5.48. The molecule has 4 nitrogen and oxygen atoms in total. The number of hydrogen-bond donors (Lipinski definition) is 2. The molecule has 0 radical (unpaired) electrons. The van der Waals surface area contributed by atoms with Crippen LogP contribution in [0.2, 0.25) is 0 Å². The Morgan fingerprint density at radius 3 is 2.48 bits per heavy atom. The van der Waals surface area contributed by atoms with E-state index in [4.69, 9.17) is 0 Å². The average Bonchev–Trinajstić information content (AvgIpc) is 3.32. The molecule has 3 aromatic carbocycles. The summed E-state index contributed by atoms with van der Waals surface area (Å²) in [6.45, 7) is 0. The summed E-state index contributed by atoms with van der Waals surface area (Å²) < 4.78 is 0. The monoisotopic (exact) mass is 351 g/mol. The molecular weight excluding hydrogens is 334 g/mol. The average molecular weight is 351 g/mol. The Balaban J connectivity index is 1.43. The third kappa shape index (κ3) is 2.91. The fourth-order valence-corrected chi connectivity index (χ4v) is 3.40. The van der Waals surface area contributed by atoms with Gasteiger partial charge in [-0.3, -0.25) is 4.79 Å². The van der Waals surface area contributed by atoms with Crippen molar-refractivity contribution >= 4 is 27.7 Å². The number of aromatic amines is 2. The van der Waals surface area contributed by atoms with E-state index < -0.39 is 0 Å². The van der Waals surface area contributed by atoms with Gasteiger partial charge in [-0.2, -0.15) is 0 Å². The fourth-order valence-electron chi connectivity index (χ4n) is 3.40. The Morgan fingerprint density at radius 2 is 1.63 bits per heavy atom. The van der Waals surface area contributed by atoms with Gasteiger partial charge in [-0.05, 0) is 29.8 Å². The molecule has 0 aliphatic heterocycles. The summed E-state index contributed by atoms with van der Waals surface area (Å²) in [6, 6.07) is 25.8. The molecule has 0 spiro atoms. The molecule has 0 unspecified atom stereocenters. The maximum Gasteiger partial charge on any atom is 0.183 e. The van der Waals surface area contributed by atoms with Crippen molar-refractivity contribution < 1.29 is 4.79 Å². The van der Waals surface area contributed by atoms with E-state index in [2.05, 4.69) is 15.0 Å². The first kappa shape index (κ1) is 15.6. The second kappa shape index (κ2) is 6.25. The number of nitrogens with one attached hydrogen (secondary N) is 2. The van der Waals surface area contributed by atoms with Crippen molar-refractivity contribution in [1.29, 1.82) is 0 Å². The molecule has 0 atom stereocenters. The summed E-state index contributed by atoms with van der Waals surface area (Å²) in [5.74, 6) is 0.915. The number of Topliss-reactive ketones (excluding diaryl/α,β-unsaturated/α-hetero) is 1. The summed E-state index contributed by atoms with van der Waals surface area (Å²) in [4.78, 5) is 23.9. The van der Waals surface area contributed by atoms with Crippen molar-refractivity contribution in [2.45, 2.75) is 6.42 Å². The standard InChI is InChI=1S/C23H17N3O/c27-22(21-14-17-8-4-5-9-18(17)24-21)13-15-10-11-19-20(12-15)26-23(25-19)16-6-2-1-3-7-16/h1-12,14,24H,13H2,(H,25,26).